The number of carbonyl (C=O) groups is 5. The zero-order valence-corrected chi connectivity index (χ0v) is 21.5. The number of hydrogen-bond acceptors (Lipinski definition) is 11. The summed E-state index contributed by atoms with van der Waals surface area (Å²) in [7, 11) is 0. The predicted octanol–water partition coefficient (Wildman–Crippen LogP) is 2.53. The summed E-state index contributed by atoms with van der Waals surface area (Å²) in [6.07, 6.45) is -5.28. The van der Waals surface area contributed by atoms with Gasteiger partial charge in [0.2, 0.25) is 0 Å². The van der Waals surface area contributed by atoms with Crippen LogP contribution in [-0.2, 0) is 37.5 Å². The minimum absolute atomic E-state index is 0.152. The van der Waals surface area contributed by atoms with E-state index in [1.165, 1.54) is 19.1 Å². The van der Waals surface area contributed by atoms with Crippen molar-refractivity contribution in [1.29, 1.82) is 0 Å². The van der Waals surface area contributed by atoms with Gasteiger partial charge in [0, 0.05) is 37.7 Å². The molecule has 4 rings (SSSR count). The van der Waals surface area contributed by atoms with Gasteiger partial charge >= 0.3 is 17.9 Å². The fourth-order valence-electron chi connectivity index (χ4n) is 4.29. The maximum absolute atomic E-state index is 13.5. The van der Waals surface area contributed by atoms with Gasteiger partial charge in [-0.05, 0) is 24.3 Å². The minimum Gasteiger partial charge on any atom is -0.463 e. The van der Waals surface area contributed by atoms with Gasteiger partial charge in [0.25, 0.3) is 11.8 Å². The lowest BCUT2D eigenvalue weighted by Gasteiger charge is -2.46. The Morgan fingerprint density at radius 1 is 0.816 bits per heavy atom. The second kappa shape index (κ2) is 11.8. The second-order valence-electron chi connectivity index (χ2n) is 8.50. The second-order valence-corrected chi connectivity index (χ2v) is 9.33. The van der Waals surface area contributed by atoms with Crippen molar-refractivity contribution in [3.63, 3.8) is 0 Å². The summed E-state index contributed by atoms with van der Waals surface area (Å²) in [5, 5.41) is 0. The number of carbonyl (C=O) groups excluding carboxylic acids is 5. The first kappa shape index (κ1) is 27.3. The van der Waals surface area contributed by atoms with Crippen molar-refractivity contribution in [1.82, 2.24) is 4.90 Å². The van der Waals surface area contributed by atoms with Crippen molar-refractivity contribution in [3.05, 3.63) is 65.7 Å². The molecule has 11 nitrogen and oxygen atoms in total. The molecule has 2 aromatic carbocycles. The van der Waals surface area contributed by atoms with Crippen LogP contribution in [0.25, 0.3) is 0 Å². The van der Waals surface area contributed by atoms with Crippen LogP contribution < -0.4 is 0 Å². The Balaban J connectivity index is 1.77. The predicted molar refractivity (Wildman–Crippen MR) is 131 cm³/mol. The van der Waals surface area contributed by atoms with Crippen LogP contribution in [0.15, 0.2) is 59.5 Å². The Kier molecular flexibility index (Phi) is 8.45. The number of esters is 3. The molecule has 12 heteroatoms. The van der Waals surface area contributed by atoms with Gasteiger partial charge in [-0.15, -0.1) is 0 Å². The summed E-state index contributed by atoms with van der Waals surface area (Å²) in [5.41, 5.74) is 0.305. The summed E-state index contributed by atoms with van der Waals surface area (Å²) in [6.45, 7) is 3.08. The van der Waals surface area contributed by atoms with Crippen molar-refractivity contribution in [2.75, 3.05) is 6.61 Å². The van der Waals surface area contributed by atoms with Crippen LogP contribution >= 0.6 is 12.0 Å². The number of ether oxygens (including phenoxy) is 4. The summed E-state index contributed by atoms with van der Waals surface area (Å²) in [5.74, 6) is -3.46. The molecule has 2 heterocycles. The molecule has 0 aromatic heterocycles. The Bertz CT molecular complexity index is 1200. The van der Waals surface area contributed by atoms with E-state index in [1.54, 1.807) is 36.4 Å². The molecule has 2 aliphatic rings. The molecule has 38 heavy (non-hydrogen) atoms. The first-order chi connectivity index (χ1) is 18.2. The Labute approximate surface area is 222 Å². The topological polar surface area (TPSA) is 135 Å². The van der Waals surface area contributed by atoms with Crippen molar-refractivity contribution in [2.45, 2.75) is 56.3 Å². The molecule has 2 aliphatic heterocycles. The van der Waals surface area contributed by atoms with Gasteiger partial charge in [0.1, 0.15) is 18.8 Å². The fraction of sp³-hybridized carbons (Fsp3) is 0.346. The highest BCUT2D eigenvalue weighted by atomic mass is 32.2. The van der Waals surface area contributed by atoms with Crippen LogP contribution in [0.2, 0.25) is 0 Å². The summed E-state index contributed by atoms with van der Waals surface area (Å²) < 4.78 is 28.2. The number of nitrogens with zero attached hydrogens (tertiary/aromatic N) is 1. The quantitative estimate of drug-likeness (QED) is 0.210. The molecule has 200 valence electrons. The molecule has 5 atom stereocenters. The molecule has 0 spiro atoms. The van der Waals surface area contributed by atoms with Gasteiger partial charge in [-0.25, -0.2) is 0 Å². The van der Waals surface area contributed by atoms with E-state index in [2.05, 4.69) is 0 Å². The number of rotatable bonds is 8. The molecule has 1 fully saturated rings. The normalized spacial score (nSPS) is 24.5. The molecule has 0 unspecified atom stereocenters. The van der Waals surface area contributed by atoms with E-state index in [1.807, 2.05) is 6.07 Å². The molecule has 0 bridgehead atoms. The average Bonchev–Trinajstić information content (AvgIpc) is 3.13. The van der Waals surface area contributed by atoms with Gasteiger partial charge in [-0.3, -0.25) is 33.1 Å². The van der Waals surface area contributed by atoms with Crippen LogP contribution in [0.3, 0.4) is 0 Å². The largest absolute Gasteiger partial charge is 0.463 e. The monoisotopic (exact) mass is 543 g/mol. The highest BCUT2D eigenvalue weighted by molar-refractivity contribution is 7.94. The molecule has 0 saturated carbocycles. The lowest BCUT2D eigenvalue weighted by molar-refractivity contribution is -0.262. The van der Waals surface area contributed by atoms with Gasteiger partial charge < -0.3 is 18.9 Å². The van der Waals surface area contributed by atoms with Crippen molar-refractivity contribution < 1.29 is 47.1 Å². The Morgan fingerprint density at radius 3 is 1.92 bits per heavy atom. The van der Waals surface area contributed by atoms with E-state index in [0.717, 1.165) is 30.8 Å². The van der Waals surface area contributed by atoms with Crippen molar-refractivity contribution >= 4 is 41.8 Å². The minimum atomic E-state index is -1.41. The molecule has 1 saturated heterocycles. The molecule has 0 radical (unpaired) electrons. The van der Waals surface area contributed by atoms with Crippen LogP contribution in [0.4, 0.5) is 0 Å². The summed E-state index contributed by atoms with van der Waals surface area (Å²) >= 11 is 0.908. The van der Waals surface area contributed by atoms with E-state index in [0.29, 0.717) is 4.90 Å². The summed E-state index contributed by atoms with van der Waals surface area (Å²) in [6, 6.07) is 13.8. The van der Waals surface area contributed by atoms with Crippen LogP contribution in [0.5, 0.6) is 0 Å². The number of hydrogen-bond donors (Lipinski definition) is 0. The standard InChI is InChI=1S/C26H25NO10S/c1-14(28)33-13-20-22(34-15(2)29)23(35-16(3)30)21(26(36-20)37-38-17-9-5-4-6-10-17)27-24(31)18-11-7-8-12-19(18)25(27)32/h4-12,20-23,26H,13H2,1-3H3/t20-,21-,22-,23-,26+/m1/s1. The molecule has 0 N–H and O–H groups in total. The van der Waals surface area contributed by atoms with Crippen LogP contribution in [-0.4, -0.2) is 71.9 Å². The third kappa shape index (κ3) is 5.87. The first-order valence-corrected chi connectivity index (χ1v) is 12.4. The third-order valence-electron chi connectivity index (χ3n) is 5.78. The lowest BCUT2D eigenvalue weighted by Crippen LogP contribution is -2.67. The highest BCUT2D eigenvalue weighted by Gasteiger charge is 2.57. The van der Waals surface area contributed by atoms with Crippen molar-refractivity contribution in [3.8, 4) is 0 Å². The highest BCUT2D eigenvalue weighted by Crippen LogP contribution is 2.37. The van der Waals surface area contributed by atoms with E-state index in [4.69, 9.17) is 23.1 Å². The van der Waals surface area contributed by atoms with Gasteiger partial charge in [0.15, 0.2) is 18.5 Å². The van der Waals surface area contributed by atoms with E-state index < -0.39 is 60.4 Å². The van der Waals surface area contributed by atoms with E-state index >= 15 is 0 Å². The SMILES string of the molecule is CC(=O)OC[C@H]1O[C@@H](OSc2ccccc2)[C@H](N2C(=O)c3ccccc3C2=O)[C@@H](OC(C)=O)[C@@H]1OC(C)=O. The van der Waals surface area contributed by atoms with Gasteiger partial charge in [-0.1, -0.05) is 30.3 Å². The maximum atomic E-state index is 13.5. The first-order valence-electron chi connectivity index (χ1n) is 11.7. The fourth-order valence-corrected chi connectivity index (χ4v) is 4.93. The van der Waals surface area contributed by atoms with Crippen LogP contribution in [0, 0.1) is 0 Å². The Morgan fingerprint density at radius 2 is 1.37 bits per heavy atom. The molecule has 0 aliphatic carbocycles. The zero-order chi connectivity index (χ0) is 27.4. The maximum Gasteiger partial charge on any atom is 0.303 e. The lowest BCUT2D eigenvalue weighted by atomic mass is 9.95. The summed E-state index contributed by atoms with van der Waals surface area (Å²) in [4.78, 5) is 64.3. The number of imide groups is 1. The van der Waals surface area contributed by atoms with E-state index in [9.17, 15) is 24.0 Å². The van der Waals surface area contributed by atoms with Crippen LogP contribution in [0.1, 0.15) is 41.5 Å². The zero-order valence-electron chi connectivity index (χ0n) is 20.7. The number of benzene rings is 2. The molecular weight excluding hydrogens is 518 g/mol. The Hall–Kier alpha value is -3.74. The smallest absolute Gasteiger partial charge is 0.303 e. The van der Waals surface area contributed by atoms with Gasteiger partial charge in [-0.2, -0.15) is 0 Å². The number of fused-ring (bicyclic) bond motifs is 1. The van der Waals surface area contributed by atoms with E-state index in [-0.39, 0.29) is 17.7 Å². The third-order valence-corrected chi connectivity index (χ3v) is 6.53. The van der Waals surface area contributed by atoms with Gasteiger partial charge in [0.05, 0.1) is 11.1 Å². The molecular formula is C26H25NO10S. The molecule has 2 aromatic rings. The number of amides is 2. The molecule has 2 amide bonds. The van der Waals surface area contributed by atoms with Crippen molar-refractivity contribution in [2.24, 2.45) is 0 Å². The average molecular weight is 544 g/mol.